The molecule has 0 saturated heterocycles. The van der Waals surface area contributed by atoms with Gasteiger partial charge >= 0.3 is 5.97 Å². The fourth-order valence-electron chi connectivity index (χ4n) is 1.81. The lowest BCUT2D eigenvalue weighted by Gasteiger charge is -2.09. The predicted molar refractivity (Wildman–Crippen MR) is 64.1 cm³/mol. The molecule has 5 nitrogen and oxygen atoms in total. The van der Waals surface area contributed by atoms with Gasteiger partial charge in [0.15, 0.2) is 0 Å². The average Bonchev–Trinajstić information content (AvgIpc) is 2.72. The average molecular weight is 259 g/mol. The number of hydrogen-bond donors (Lipinski definition) is 1. The zero-order valence-electron chi connectivity index (χ0n) is 10.1. The number of aromatic nitrogens is 2. The van der Waals surface area contributed by atoms with Crippen LogP contribution in [0, 0.1) is 24.1 Å². The molecule has 1 aromatic carbocycles. The third-order valence-corrected chi connectivity index (χ3v) is 2.79. The van der Waals surface area contributed by atoms with Crippen LogP contribution in [0.2, 0.25) is 0 Å². The second-order valence-corrected chi connectivity index (χ2v) is 4.00. The van der Waals surface area contributed by atoms with Crippen LogP contribution in [-0.2, 0) is 6.54 Å². The standard InChI is InChI=1S/C13H10FN3O2/c1-8-16-6-12(13(18)19)17(8)7-10-4-11(14)3-2-9(10)5-15/h2-4,6H,7H2,1H3,(H,18,19). The van der Waals surface area contributed by atoms with Gasteiger partial charge in [-0.2, -0.15) is 5.26 Å². The van der Waals surface area contributed by atoms with Gasteiger partial charge in [-0.1, -0.05) is 0 Å². The minimum atomic E-state index is -1.12. The Morgan fingerprint density at radius 2 is 2.32 bits per heavy atom. The first-order valence-electron chi connectivity index (χ1n) is 5.47. The third-order valence-electron chi connectivity index (χ3n) is 2.79. The summed E-state index contributed by atoms with van der Waals surface area (Å²) in [6, 6.07) is 5.75. The number of imidazole rings is 1. The highest BCUT2D eigenvalue weighted by atomic mass is 19.1. The first-order chi connectivity index (χ1) is 9.02. The molecule has 0 unspecified atom stereocenters. The Morgan fingerprint density at radius 1 is 1.58 bits per heavy atom. The summed E-state index contributed by atoms with van der Waals surface area (Å²) in [4.78, 5) is 15.0. The molecule has 1 heterocycles. The van der Waals surface area contributed by atoms with E-state index < -0.39 is 11.8 Å². The van der Waals surface area contributed by atoms with Crippen molar-refractivity contribution < 1.29 is 14.3 Å². The van der Waals surface area contributed by atoms with Crippen molar-refractivity contribution in [1.82, 2.24) is 9.55 Å². The molecule has 1 aromatic heterocycles. The van der Waals surface area contributed by atoms with Gasteiger partial charge < -0.3 is 9.67 Å². The van der Waals surface area contributed by atoms with Crippen LogP contribution in [0.4, 0.5) is 4.39 Å². The summed E-state index contributed by atoms with van der Waals surface area (Å²) in [6.07, 6.45) is 1.24. The van der Waals surface area contributed by atoms with E-state index in [0.29, 0.717) is 17.0 Å². The highest BCUT2D eigenvalue weighted by Gasteiger charge is 2.15. The first-order valence-corrected chi connectivity index (χ1v) is 5.47. The summed E-state index contributed by atoms with van der Waals surface area (Å²) in [7, 11) is 0. The van der Waals surface area contributed by atoms with Crippen LogP contribution in [0.3, 0.4) is 0 Å². The molecule has 0 bridgehead atoms. The highest BCUT2D eigenvalue weighted by molar-refractivity contribution is 5.85. The highest BCUT2D eigenvalue weighted by Crippen LogP contribution is 2.15. The molecular weight excluding hydrogens is 249 g/mol. The number of carboxylic acid groups (broad SMARTS) is 1. The van der Waals surface area contributed by atoms with Gasteiger partial charge in [0.2, 0.25) is 0 Å². The van der Waals surface area contributed by atoms with Gasteiger partial charge in [-0.15, -0.1) is 0 Å². The quantitative estimate of drug-likeness (QED) is 0.913. The monoisotopic (exact) mass is 259 g/mol. The Bertz CT molecular complexity index is 686. The second kappa shape index (κ2) is 4.90. The molecule has 0 saturated carbocycles. The molecule has 2 rings (SSSR count). The van der Waals surface area contributed by atoms with Crippen molar-refractivity contribution in [3.05, 3.63) is 52.9 Å². The van der Waals surface area contributed by atoms with Gasteiger partial charge in [-0.25, -0.2) is 14.2 Å². The van der Waals surface area contributed by atoms with E-state index >= 15 is 0 Å². The summed E-state index contributed by atoms with van der Waals surface area (Å²) < 4.78 is 14.6. The van der Waals surface area contributed by atoms with E-state index in [-0.39, 0.29) is 12.2 Å². The summed E-state index contributed by atoms with van der Waals surface area (Å²) >= 11 is 0. The molecule has 0 aliphatic carbocycles. The molecular formula is C13H10FN3O2. The largest absolute Gasteiger partial charge is 0.477 e. The lowest BCUT2D eigenvalue weighted by molar-refractivity contribution is 0.0685. The molecule has 1 N–H and O–H groups in total. The van der Waals surface area contributed by atoms with Crippen molar-refractivity contribution in [2.75, 3.05) is 0 Å². The maximum atomic E-state index is 13.2. The summed E-state index contributed by atoms with van der Waals surface area (Å²) in [5.41, 5.74) is 0.739. The zero-order chi connectivity index (χ0) is 14.0. The fourth-order valence-corrected chi connectivity index (χ4v) is 1.81. The van der Waals surface area contributed by atoms with Crippen molar-refractivity contribution >= 4 is 5.97 Å². The van der Waals surface area contributed by atoms with Gasteiger partial charge in [0.1, 0.15) is 17.3 Å². The molecule has 0 radical (unpaired) electrons. The number of rotatable bonds is 3. The molecule has 2 aromatic rings. The number of benzene rings is 1. The molecule has 19 heavy (non-hydrogen) atoms. The Balaban J connectivity index is 2.47. The number of nitrogens with zero attached hydrogens (tertiary/aromatic N) is 3. The van der Waals surface area contributed by atoms with Crippen LogP contribution in [0.1, 0.15) is 27.4 Å². The lowest BCUT2D eigenvalue weighted by atomic mass is 10.1. The Labute approximate surface area is 108 Å². The van der Waals surface area contributed by atoms with Gasteiger partial charge in [-0.3, -0.25) is 0 Å². The molecule has 0 aliphatic rings. The normalized spacial score (nSPS) is 10.2. The van der Waals surface area contributed by atoms with Crippen LogP contribution in [0.25, 0.3) is 0 Å². The predicted octanol–water partition coefficient (Wildman–Crippen LogP) is 1.95. The van der Waals surface area contributed by atoms with E-state index in [2.05, 4.69) is 4.98 Å². The van der Waals surface area contributed by atoms with Gasteiger partial charge in [0.25, 0.3) is 0 Å². The van der Waals surface area contributed by atoms with Crippen molar-refractivity contribution in [2.24, 2.45) is 0 Å². The Kier molecular flexibility index (Phi) is 3.29. The number of aryl methyl sites for hydroxylation is 1. The molecule has 96 valence electrons. The van der Waals surface area contributed by atoms with E-state index in [4.69, 9.17) is 10.4 Å². The maximum Gasteiger partial charge on any atom is 0.354 e. The van der Waals surface area contributed by atoms with Gasteiger partial charge in [0, 0.05) is 0 Å². The van der Waals surface area contributed by atoms with E-state index in [9.17, 15) is 9.18 Å². The smallest absolute Gasteiger partial charge is 0.354 e. The molecule has 6 heteroatoms. The van der Waals surface area contributed by atoms with Gasteiger partial charge in [-0.05, 0) is 30.7 Å². The molecule has 0 atom stereocenters. The van der Waals surface area contributed by atoms with Crippen LogP contribution in [0.5, 0.6) is 0 Å². The summed E-state index contributed by atoms with van der Waals surface area (Å²) in [5, 5.41) is 18.0. The van der Waals surface area contributed by atoms with E-state index in [0.717, 1.165) is 0 Å². The summed E-state index contributed by atoms with van der Waals surface area (Å²) in [5.74, 6) is -1.09. The maximum absolute atomic E-state index is 13.2. The topological polar surface area (TPSA) is 78.9 Å². The van der Waals surface area contributed by atoms with Crippen molar-refractivity contribution in [3.63, 3.8) is 0 Å². The van der Waals surface area contributed by atoms with Gasteiger partial charge in [0.05, 0.1) is 24.4 Å². The zero-order valence-corrected chi connectivity index (χ0v) is 10.1. The van der Waals surface area contributed by atoms with Crippen molar-refractivity contribution in [2.45, 2.75) is 13.5 Å². The SMILES string of the molecule is Cc1ncc(C(=O)O)n1Cc1cc(F)ccc1C#N. The number of halogens is 1. The number of carbonyl (C=O) groups is 1. The lowest BCUT2D eigenvalue weighted by Crippen LogP contribution is -2.12. The van der Waals surface area contributed by atoms with Crippen LogP contribution in [-0.4, -0.2) is 20.6 Å². The Morgan fingerprint density at radius 3 is 2.95 bits per heavy atom. The molecule has 0 amide bonds. The minimum Gasteiger partial charge on any atom is -0.477 e. The van der Waals surface area contributed by atoms with E-state index in [1.807, 2.05) is 6.07 Å². The Hall–Kier alpha value is -2.68. The number of nitriles is 1. The number of carboxylic acids is 1. The third kappa shape index (κ3) is 2.45. The van der Waals surface area contributed by atoms with E-state index in [1.54, 1.807) is 6.92 Å². The van der Waals surface area contributed by atoms with Crippen molar-refractivity contribution in [1.29, 1.82) is 5.26 Å². The molecule has 0 spiro atoms. The van der Waals surface area contributed by atoms with Crippen molar-refractivity contribution in [3.8, 4) is 6.07 Å². The number of hydrogen-bond acceptors (Lipinski definition) is 3. The second-order valence-electron chi connectivity index (χ2n) is 4.00. The minimum absolute atomic E-state index is 0.00523. The fraction of sp³-hybridized carbons (Fsp3) is 0.154. The van der Waals surface area contributed by atoms with Crippen LogP contribution in [0.15, 0.2) is 24.4 Å². The molecule has 0 fully saturated rings. The van der Waals surface area contributed by atoms with E-state index in [1.165, 1.54) is 29.0 Å². The molecule has 0 aliphatic heterocycles. The van der Waals surface area contributed by atoms with Crippen LogP contribution < -0.4 is 0 Å². The first kappa shape index (κ1) is 12.8. The number of aromatic carboxylic acids is 1. The van der Waals surface area contributed by atoms with Crippen LogP contribution >= 0.6 is 0 Å². The summed E-state index contributed by atoms with van der Waals surface area (Å²) in [6.45, 7) is 1.74.